The topological polar surface area (TPSA) is 114 Å². The highest BCUT2D eigenvalue weighted by atomic mass is 35.5. The fourth-order valence-corrected chi connectivity index (χ4v) is 7.21. The number of hydrogen-bond acceptors (Lipinski definition) is 7. The number of ether oxygens (including phenoxy) is 2. The first-order valence-electron chi connectivity index (χ1n) is 14.3. The molecular formula is C36H22Cl4N4O3S. The lowest BCUT2D eigenvalue weighted by molar-refractivity contribution is 0.306. The smallest absolute Gasteiger partial charge is 0.274 e. The standard InChI is InChI=1S/C36H22Cl4N4O3S/c37-24-7-3-22(30(39)14-24)18-46-26-9-1-20(2-10-26)13-32-35(45)44-34(43)28(16-41)33(29(17-42)36(44)48-32)21-5-11-27(12-6-21)47-19-23-4-8-25(38)15-31(23)40/h1-15,33H,18-19,43H2/b32-13+/t33-/m0/s1. The van der Waals surface area contributed by atoms with E-state index in [1.165, 1.54) is 4.57 Å². The number of hydrogen-bond donors (Lipinski definition) is 1. The van der Waals surface area contributed by atoms with Crippen molar-refractivity contribution in [1.82, 2.24) is 4.57 Å². The second-order valence-corrected chi connectivity index (χ2v) is 13.3. The lowest BCUT2D eigenvalue weighted by Gasteiger charge is -2.22. The maximum absolute atomic E-state index is 13.6. The van der Waals surface area contributed by atoms with Crippen LogP contribution in [0, 0.1) is 22.7 Å². The molecule has 2 N–H and O–H groups in total. The second-order valence-electron chi connectivity index (χ2n) is 10.6. The summed E-state index contributed by atoms with van der Waals surface area (Å²) < 4.78 is 13.7. The van der Waals surface area contributed by atoms with Gasteiger partial charge in [0, 0.05) is 31.2 Å². The van der Waals surface area contributed by atoms with Crippen molar-refractivity contribution in [3.63, 3.8) is 0 Å². The molecule has 0 fully saturated rings. The SMILES string of the molecule is N#CC1=C(N)n2c(s/c(=C/c3ccc(OCc4ccc(Cl)cc4Cl)cc3)c2=O)=C(C#N)[C@H]1c1ccc(OCc2ccc(Cl)cc2Cl)cc1. The largest absolute Gasteiger partial charge is 0.489 e. The van der Waals surface area contributed by atoms with Crippen molar-refractivity contribution in [1.29, 1.82) is 10.5 Å². The summed E-state index contributed by atoms with van der Waals surface area (Å²) in [5.74, 6) is 0.389. The highest BCUT2D eigenvalue weighted by Gasteiger charge is 2.32. The summed E-state index contributed by atoms with van der Waals surface area (Å²) in [6, 6.07) is 28.9. The van der Waals surface area contributed by atoms with Crippen LogP contribution >= 0.6 is 57.7 Å². The summed E-state index contributed by atoms with van der Waals surface area (Å²) in [6.07, 6.45) is 1.71. The normalized spacial score (nSPS) is 14.3. The van der Waals surface area contributed by atoms with Crippen molar-refractivity contribution in [2.24, 2.45) is 5.73 Å². The summed E-state index contributed by atoms with van der Waals surface area (Å²) in [5.41, 5.74) is 9.33. The quantitative estimate of drug-likeness (QED) is 0.176. The maximum Gasteiger partial charge on any atom is 0.274 e. The molecule has 0 aliphatic carbocycles. The highest BCUT2D eigenvalue weighted by Crippen LogP contribution is 2.36. The predicted octanol–water partition coefficient (Wildman–Crippen LogP) is 7.63. The van der Waals surface area contributed by atoms with Crippen LogP contribution in [-0.2, 0) is 13.2 Å². The number of thiazole rings is 1. The zero-order chi connectivity index (χ0) is 33.9. The Labute approximate surface area is 299 Å². The average molecular weight is 732 g/mol. The number of nitrogens with zero attached hydrogens (tertiary/aromatic N) is 3. The number of rotatable bonds is 8. The molecule has 7 nitrogen and oxygen atoms in total. The number of benzene rings is 4. The van der Waals surface area contributed by atoms with E-state index in [-0.39, 0.29) is 30.2 Å². The van der Waals surface area contributed by atoms with Crippen LogP contribution in [0.1, 0.15) is 28.2 Å². The lowest BCUT2D eigenvalue weighted by atomic mass is 9.84. The molecular weight excluding hydrogens is 710 g/mol. The van der Waals surface area contributed by atoms with Gasteiger partial charge in [-0.15, -0.1) is 11.3 Å². The molecule has 1 aliphatic heterocycles. The summed E-state index contributed by atoms with van der Waals surface area (Å²) >= 11 is 25.6. The molecule has 0 saturated carbocycles. The Bertz CT molecular complexity index is 2350. The highest BCUT2D eigenvalue weighted by molar-refractivity contribution is 7.07. The third-order valence-electron chi connectivity index (χ3n) is 7.60. The molecule has 0 amide bonds. The first-order chi connectivity index (χ1) is 23.2. The minimum atomic E-state index is -0.767. The molecule has 1 atom stereocenters. The molecule has 0 unspecified atom stereocenters. The third kappa shape index (κ3) is 6.81. The number of aromatic nitrogens is 1. The summed E-state index contributed by atoms with van der Waals surface area (Å²) in [7, 11) is 0. The third-order valence-corrected chi connectivity index (χ3v) is 9.88. The van der Waals surface area contributed by atoms with Crippen LogP contribution in [0.15, 0.2) is 95.3 Å². The van der Waals surface area contributed by atoms with Crippen LogP contribution < -0.4 is 30.0 Å². The van der Waals surface area contributed by atoms with E-state index in [9.17, 15) is 15.3 Å². The summed E-state index contributed by atoms with van der Waals surface area (Å²) in [6.45, 7) is 0.478. The van der Waals surface area contributed by atoms with Crippen molar-refractivity contribution in [2.75, 3.05) is 0 Å². The van der Waals surface area contributed by atoms with Gasteiger partial charge in [-0.2, -0.15) is 10.5 Å². The van der Waals surface area contributed by atoms with Crippen LogP contribution in [0.2, 0.25) is 20.1 Å². The maximum atomic E-state index is 13.6. The van der Waals surface area contributed by atoms with Crippen LogP contribution in [0.3, 0.4) is 0 Å². The van der Waals surface area contributed by atoms with E-state index in [4.69, 9.17) is 61.6 Å². The molecule has 5 aromatic rings. The van der Waals surface area contributed by atoms with E-state index in [1.54, 1.807) is 78.9 Å². The first-order valence-corrected chi connectivity index (χ1v) is 16.6. The molecule has 2 heterocycles. The fourth-order valence-electron chi connectivity index (χ4n) is 5.15. The van der Waals surface area contributed by atoms with Crippen molar-refractivity contribution >= 4 is 75.2 Å². The van der Waals surface area contributed by atoms with Gasteiger partial charge in [-0.1, -0.05) is 82.8 Å². The molecule has 0 radical (unpaired) electrons. The second kappa shape index (κ2) is 14.2. The molecule has 0 spiro atoms. The van der Waals surface area contributed by atoms with Crippen molar-refractivity contribution in [2.45, 2.75) is 19.1 Å². The van der Waals surface area contributed by atoms with Crippen LogP contribution in [0.25, 0.3) is 17.5 Å². The summed E-state index contributed by atoms with van der Waals surface area (Å²) in [4.78, 5) is 13.6. The van der Waals surface area contributed by atoms with Crippen LogP contribution in [0.5, 0.6) is 11.5 Å². The number of fused-ring (bicyclic) bond motifs is 1. The average Bonchev–Trinajstić information content (AvgIpc) is 3.40. The number of allylic oxidation sites excluding steroid dienone is 1. The van der Waals surface area contributed by atoms with Gasteiger partial charge in [-0.05, 0) is 65.7 Å². The van der Waals surface area contributed by atoms with Gasteiger partial charge in [0.05, 0.1) is 33.7 Å². The summed E-state index contributed by atoms with van der Waals surface area (Å²) in [5, 5.41) is 22.5. The molecule has 48 heavy (non-hydrogen) atoms. The zero-order valence-electron chi connectivity index (χ0n) is 24.7. The Morgan fingerprint density at radius 2 is 1.29 bits per heavy atom. The Morgan fingerprint density at radius 3 is 1.79 bits per heavy atom. The molecule has 238 valence electrons. The van der Waals surface area contributed by atoms with E-state index < -0.39 is 11.5 Å². The van der Waals surface area contributed by atoms with Crippen molar-refractivity contribution in [3.05, 3.63) is 152 Å². The van der Waals surface area contributed by atoms with Crippen LogP contribution in [0.4, 0.5) is 0 Å². The molecule has 0 bridgehead atoms. The van der Waals surface area contributed by atoms with Crippen molar-refractivity contribution < 1.29 is 9.47 Å². The van der Waals surface area contributed by atoms with Gasteiger partial charge < -0.3 is 15.2 Å². The van der Waals surface area contributed by atoms with Gasteiger partial charge in [-0.3, -0.25) is 9.36 Å². The number of nitrogens with two attached hydrogens (primary N) is 1. The lowest BCUT2D eigenvalue weighted by Crippen LogP contribution is -2.38. The van der Waals surface area contributed by atoms with Crippen LogP contribution in [-0.4, -0.2) is 4.57 Å². The van der Waals surface area contributed by atoms with E-state index >= 15 is 0 Å². The molecule has 1 aromatic heterocycles. The van der Waals surface area contributed by atoms with Gasteiger partial charge in [0.1, 0.15) is 35.2 Å². The Balaban J connectivity index is 1.28. The number of halogens is 4. The predicted molar refractivity (Wildman–Crippen MR) is 191 cm³/mol. The van der Waals surface area contributed by atoms with E-state index in [1.807, 2.05) is 12.1 Å². The fraction of sp³-hybridized carbons (Fsp3) is 0.0833. The molecule has 4 aromatic carbocycles. The Hall–Kier alpha value is -4.67. The number of nitriles is 2. The van der Waals surface area contributed by atoms with Crippen molar-refractivity contribution in [3.8, 4) is 23.6 Å². The molecule has 1 aliphatic rings. The van der Waals surface area contributed by atoms with E-state index in [0.717, 1.165) is 28.0 Å². The molecule has 6 rings (SSSR count). The van der Waals surface area contributed by atoms with Gasteiger partial charge in [0.15, 0.2) is 0 Å². The Morgan fingerprint density at radius 1 is 0.771 bits per heavy atom. The van der Waals surface area contributed by atoms with E-state index in [0.29, 0.717) is 46.3 Å². The minimum absolute atomic E-state index is 0.0142. The van der Waals surface area contributed by atoms with Gasteiger partial charge in [0.25, 0.3) is 5.56 Å². The first kappa shape index (κ1) is 33.2. The van der Waals surface area contributed by atoms with E-state index in [2.05, 4.69) is 12.1 Å². The van der Waals surface area contributed by atoms with Gasteiger partial charge >= 0.3 is 0 Å². The van der Waals surface area contributed by atoms with Gasteiger partial charge in [-0.25, -0.2) is 0 Å². The Kier molecular flexibility index (Phi) is 9.84. The molecule has 0 saturated heterocycles. The molecule has 12 heteroatoms. The zero-order valence-corrected chi connectivity index (χ0v) is 28.6. The minimum Gasteiger partial charge on any atom is -0.489 e. The van der Waals surface area contributed by atoms with Gasteiger partial charge in [0.2, 0.25) is 0 Å². The monoisotopic (exact) mass is 730 g/mol.